The number of para-hydroxylation sites is 1. The molecular weight excluding hydrogens is 337 g/mol. The van der Waals surface area contributed by atoms with Crippen molar-refractivity contribution in [1.29, 1.82) is 0 Å². The first-order valence-electron chi connectivity index (χ1n) is 7.71. The average molecular weight is 351 g/mol. The van der Waals surface area contributed by atoms with E-state index in [0.29, 0.717) is 16.3 Å². The third-order valence-electron chi connectivity index (χ3n) is 3.83. The van der Waals surface area contributed by atoms with Crippen LogP contribution in [0.3, 0.4) is 0 Å². The van der Waals surface area contributed by atoms with Crippen LogP contribution in [0.2, 0.25) is 0 Å². The summed E-state index contributed by atoms with van der Waals surface area (Å²) in [6.07, 6.45) is 0. The van der Waals surface area contributed by atoms with Gasteiger partial charge in [-0.15, -0.1) is 10.2 Å². The lowest BCUT2D eigenvalue weighted by molar-refractivity contribution is 0.630. The van der Waals surface area contributed by atoms with Crippen molar-refractivity contribution in [1.82, 2.24) is 14.8 Å². The summed E-state index contributed by atoms with van der Waals surface area (Å²) in [7, 11) is 0. The Balaban J connectivity index is 1.70. The van der Waals surface area contributed by atoms with Gasteiger partial charge in [-0.25, -0.2) is 14.1 Å². The molecule has 0 aliphatic heterocycles. The lowest BCUT2D eigenvalue weighted by Crippen LogP contribution is -1.98. The van der Waals surface area contributed by atoms with Crippen LogP contribution in [0.5, 0.6) is 0 Å². The molecule has 0 N–H and O–H groups in total. The van der Waals surface area contributed by atoms with Crippen molar-refractivity contribution >= 4 is 32.4 Å². The van der Waals surface area contributed by atoms with Gasteiger partial charge in [0.15, 0.2) is 0 Å². The number of fused-ring (bicyclic) bond motifs is 1. The summed E-state index contributed by atoms with van der Waals surface area (Å²) >= 11 is 1.31. The van der Waals surface area contributed by atoms with Crippen molar-refractivity contribution in [3.8, 4) is 5.69 Å². The Hall–Kier alpha value is -2.93. The van der Waals surface area contributed by atoms with Crippen molar-refractivity contribution < 1.29 is 4.39 Å². The highest BCUT2D eigenvalue weighted by atomic mass is 32.1. The fraction of sp³-hybridized carbons (Fsp3) is 0.111. The van der Waals surface area contributed by atoms with E-state index in [2.05, 4.69) is 20.3 Å². The zero-order valence-corrected chi connectivity index (χ0v) is 14.5. The Kier molecular flexibility index (Phi) is 3.85. The second kappa shape index (κ2) is 6.18. The van der Waals surface area contributed by atoms with Crippen LogP contribution in [0, 0.1) is 19.7 Å². The quantitative estimate of drug-likeness (QED) is 0.448. The highest BCUT2D eigenvalue weighted by Crippen LogP contribution is 2.32. The Labute approximate surface area is 147 Å². The molecule has 4 rings (SSSR count). The van der Waals surface area contributed by atoms with Gasteiger partial charge in [0, 0.05) is 0 Å². The second-order valence-electron chi connectivity index (χ2n) is 5.58. The number of azo groups is 1. The molecule has 0 bridgehead atoms. The lowest BCUT2D eigenvalue weighted by atomic mass is 10.3. The number of benzene rings is 2. The second-order valence-corrected chi connectivity index (χ2v) is 6.58. The largest absolute Gasteiger partial charge is 0.236 e. The van der Waals surface area contributed by atoms with E-state index >= 15 is 0 Å². The highest BCUT2D eigenvalue weighted by Gasteiger charge is 2.13. The highest BCUT2D eigenvalue weighted by molar-refractivity contribution is 7.21. The molecule has 0 atom stereocenters. The SMILES string of the molecule is Cc1nn(-c2ccccc2)c(C)c1N=Nc1nc2ccc(F)cc2s1. The van der Waals surface area contributed by atoms with Crippen LogP contribution in [0.4, 0.5) is 15.2 Å². The van der Waals surface area contributed by atoms with Gasteiger partial charge >= 0.3 is 0 Å². The van der Waals surface area contributed by atoms with E-state index in [9.17, 15) is 4.39 Å². The van der Waals surface area contributed by atoms with Crippen molar-refractivity contribution in [2.24, 2.45) is 10.2 Å². The number of nitrogens with zero attached hydrogens (tertiary/aromatic N) is 5. The number of rotatable bonds is 3. The molecule has 4 aromatic rings. The Bertz CT molecular complexity index is 1080. The van der Waals surface area contributed by atoms with Gasteiger partial charge in [0.25, 0.3) is 0 Å². The minimum atomic E-state index is -0.282. The fourth-order valence-corrected chi connectivity index (χ4v) is 3.43. The van der Waals surface area contributed by atoms with Gasteiger partial charge in [-0.1, -0.05) is 29.5 Å². The summed E-state index contributed by atoms with van der Waals surface area (Å²) in [5.41, 5.74) is 4.10. The minimum Gasteiger partial charge on any atom is -0.236 e. The van der Waals surface area contributed by atoms with E-state index in [4.69, 9.17) is 0 Å². The maximum atomic E-state index is 13.3. The molecule has 0 radical (unpaired) electrons. The Morgan fingerprint density at radius 3 is 2.64 bits per heavy atom. The predicted octanol–water partition coefficient (Wildman–Crippen LogP) is 5.65. The zero-order valence-electron chi connectivity index (χ0n) is 13.6. The molecule has 2 heterocycles. The Morgan fingerprint density at radius 2 is 1.84 bits per heavy atom. The smallest absolute Gasteiger partial charge is 0.231 e. The van der Waals surface area contributed by atoms with Crippen LogP contribution < -0.4 is 0 Å². The van der Waals surface area contributed by atoms with Crippen LogP contribution in [0.1, 0.15) is 11.4 Å². The van der Waals surface area contributed by atoms with Crippen LogP contribution in [0.25, 0.3) is 15.9 Å². The van der Waals surface area contributed by atoms with Gasteiger partial charge in [-0.05, 0) is 44.2 Å². The van der Waals surface area contributed by atoms with E-state index in [1.54, 1.807) is 6.07 Å². The number of thiazole rings is 1. The number of halogens is 1. The summed E-state index contributed by atoms with van der Waals surface area (Å²) in [4.78, 5) is 4.36. The summed E-state index contributed by atoms with van der Waals surface area (Å²) < 4.78 is 15.9. The van der Waals surface area contributed by atoms with E-state index < -0.39 is 0 Å². The summed E-state index contributed by atoms with van der Waals surface area (Å²) in [5, 5.41) is 13.6. The van der Waals surface area contributed by atoms with Gasteiger partial charge < -0.3 is 0 Å². The molecule has 124 valence electrons. The molecule has 0 amide bonds. The summed E-state index contributed by atoms with van der Waals surface area (Å²) in [5.74, 6) is -0.282. The standard InChI is InChI=1S/C18H14FN5S/c1-11-17(12(2)24(23-11)14-6-4-3-5-7-14)21-22-18-20-15-9-8-13(19)10-16(15)25-18/h3-10H,1-2H3. The van der Waals surface area contributed by atoms with Crippen molar-refractivity contribution in [3.63, 3.8) is 0 Å². The molecule has 0 aliphatic carbocycles. The Morgan fingerprint density at radius 1 is 1.04 bits per heavy atom. The normalized spacial score (nSPS) is 11.6. The topological polar surface area (TPSA) is 55.4 Å². The molecule has 0 fully saturated rings. The molecule has 7 heteroatoms. The van der Waals surface area contributed by atoms with E-state index in [0.717, 1.165) is 21.8 Å². The first kappa shape index (κ1) is 15.6. The third kappa shape index (κ3) is 2.94. The van der Waals surface area contributed by atoms with Crippen LogP contribution in [-0.2, 0) is 0 Å². The predicted molar refractivity (Wildman–Crippen MR) is 96.8 cm³/mol. The van der Waals surface area contributed by atoms with Crippen LogP contribution in [-0.4, -0.2) is 14.8 Å². The summed E-state index contributed by atoms with van der Waals surface area (Å²) in [6.45, 7) is 3.85. The van der Waals surface area contributed by atoms with Gasteiger partial charge in [0.1, 0.15) is 11.5 Å². The minimum absolute atomic E-state index is 0.282. The van der Waals surface area contributed by atoms with E-state index in [1.165, 1.54) is 23.5 Å². The van der Waals surface area contributed by atoms with Crippen molar-refractivity contribution in [2.75, 3.05) is 0 Å². The van der Waals surface area contributed by atoms with Gasteiger partial charge in [-0.2, -0.15) is 5.10 Å². The van der Waals surface area contributed by atoms with Crippen molar-refractivity contribution in [2.45, 2.75) is 13.8 Å². The molecule has 2 aromatic carbocycles. The van der Waals surface area contributed by atoms with Gasteiger partial charge in [0.2, 0.25) is 5.13 Å². The molecule has 0 spiro atoms. The molecule has 0 aliphatic rings. The fourth-order valence-electron chi connectivity index (χ4n) is 2.62. The molecule has 25 heavy (non-hydrogen) atoms. The average Bonchev–Trinajstić information content (AvgIpc) is 3.14. The first-order chi connectivity index (χ1) is 12.1. The molecule has 2 aromatic heterocycles. The molecule has 0 saturated heterocycles. The number of aromatic nitrogens is 3. The van der Waals surface area contributed by atoms with Gasteiger partial charge in [-0.3, -0.25) is 0 Å². The van der Waals surface area contributed by atoms with Crippen LogP contribution in [0.15, 0.2) is 58.8 Å². The third-order valence-corrected chi connectivity index (χ3v) is 4.73. The lowest BCUT2D eigenvalue weighted by Gasteiger charge is -2.02. The monoisotopic (exact) mass is 351 g/mol. The first-order valence-corrected chi connectivity index (χ1v) is 8.53. The maximum Gasteiger partial charge on any atom is 0.231 e. The number of aryl methyl sites for hydroxylation is 1. The number of hydrogen-bond acceptors (Lipinski definition) is 5. The molecule has 0 unspecified atom stereocenters. The number of hydrogen-bond donors (Lipinski definition) is 0. The van der Waals surface area contributed by atoms with E-state index in [-0.39, 0.29) is 5.82 Å². The van der Waals surface area contributed by atoms with Gasteiger partial charge in [0.05, 0.1) is 27.3 Å². The maximum absolute atomic E-state index is 13.3. The molecule has 5 nitrogen and oxygen atoms in total. The van der Waals surface area contributed by atoms with Crippen molar-refractivity contribution in [3.05, 3.63) is 65.7 Å². The molecular formula is C18H14FN5S. The van der Waals surface area contributed by atoms with Crippen LogP contribution >= 0.6 is 11.3 Å². The summed E-state index contributed by atoms with van der Waals surface area (Å²) in [6, 6.07) is 14.4. The van der Waals surface area contributed by atoms with E-state index in [1.807, 2.05) is 48.9 Å². The molecule has 0 saturated carbocycles. The zero-order chi connectivity index (χ0) is 17.4.